The van der Waals surface area contributed by atoms with E-state index in [2.05, 4.69) is 73.0 Å². The van der Waals surface area contributed by atoms with Gasteiger partial charge in [0, 0.05) is 39.5 Å². The van der Waals surface area contributed by atoms with Gasteiger partial charge < -0.3 is 18.2 Å². The molecule has 0 saturated heterocycles. The van der Waals surface area contributed by atoms with Crippen LogP contribution in [0.25, 0.3) is 0 Å². The van der Waals surface area contributed by atoms with Crippen LogP contribution in [0.5, 0.6) is 0 Å². The summed E-state index contributed by atoms with van der Waals surface area (Å²) in [4.78, 5) is 2.36. The first kappa shape index (κ1) is 25.3. The molecule has 4 nitrogen and oxygen atoms in total. The second-order valence-corrected chi connectivity index (χ2v) is 10.8. The number of benzene rings is 2. The Morgan fingerprint density at radius 3 is 2.10 bits per heavy atom. The third-order valence-electron chi connectivity index (χ3n) is 5.76. The summed E-state index contributed by atoms with van der Waals surface area (Å²) in [5.41, 5.74) is 2.56. The van der Waals surface area contributed by atoms with Crippen LogP contribution >= 0.6 is 0 Å². The van der Waals surface area contributed by atoms with Crippen molar-refractivity contribution in [2.24, 2.45) is 0 Å². The Balaban J connectivity index is 2.00. The third kappa shape index (κ3) is 8.61. The highest BCUT2D eigenvalue weighted by Crippen LogP contribution is 2.24. The smallest absolute Gasteiger partial charge is 0.377 e. The van der Waals surface area contributed by atoms with Crippen LogP contribution in [-0.2, 0) is 26.2 Å². The van der Waals surface area contributed by atoms with E-state index in [0.717, 1.165) is 31.9 Å². The molecule has 0 heterocycles. The molecule has 2 aromatic rings. The molecule has 0 saturated carbocycles. The van der Waals surface area contributed by atoms with Gasteiger partial charge in [0.05, 0.1) is 0 Å². The summed E-state index contributed by atoms with van der Waals surface area (Å²) in [5.74, 6) is 0. The Kier molecular flexibility index (Phi) is 11.6. The van der Waals surface area contributed by atoms with Gasteiger partial charge in [-0.05, 0) is 36.6 Å². The molecule has 0 radical (unpaired) electrons. The molecule has 2 rings (SSSR count). The minimum atomic E-state index is -2.71. The van der Waals surface area contributed by atoms with Crippen molar-refractivity contribution in [1.82, 2.24) is 4.90 Å². The lowest BCUT2D eigenvalue weighted by atomic mass is 10.0. The number of nitrogens with zero attached hydrogens (tertiary/aromatic N) is 1. The highest BCUT2D eigenvalue weighted by Gasteiger charge is 2.39. The summed E-state index contributed by atoms with van der Waals surface area (Å²) in [6.45, 7) is 7.80. The van der Waals surface area contributed by atoms with Gasteiger partial charge in [-0.25, -0.2) is 0 Å². The summed E-state index contributed by atoms with van der Waals surface area (Å²) in [7, 11) is 0.723. The zero-order valence-corrected chi connectivity index (χ0v) is 20.5. The van der Waals surface area contributed by atoms with E-state index in [1.165, 1.54) is 24.0 Å². The molecule has 31 heavy (non-hydrogen) atoms. The van der Waals surface area contributed by atoms with E-state index in [-0.39, 0.29) is 0 Å². The van der Waals surface area contributed by atoms with E-state index < -0.39 is 8.80 Å². The zero-order valence-electron chi connectivity index (χ0n) is 19.5. The zero-order chi connectivity index (χ0) is 22.4. The normalized spacial score (nSPS) is 12.5. The Bertz CT molecular complexity index is 722. The molecule has 1 atom stereocenters. The van der Waals surface area contributed by atoms with Gasteiger partial charge >= 0.3 is 8.80 Å². The van der Waals surface area contributed by atoms with E-state index in [0.29, 0.717) is 12.6 Å². The number of rotatable bonds is 16. The average molecular weight is 442 g/mol. The van der Waals surface area contributed by atoms with E-state index in [9.17, 15) is 0 Å². The van der Waals surface area contributed by atoms with Crippen LogP contribution in [0.15, 0.2) is 73.4 Å². The molecule has 0 aliphatic rings. The fourth-order valence-electron chi connectivity index (χ4n) is 3.84. The van der Waals surface area contributed by atoms with Crippen LogP contribution in [0.3, 0.4) is 0 Å². The molecule has 0 aliphatic heterocycles. The number of unbranched alkanes of at least 4 members (excludes halogenated alkanes) is 1. The molecule has 0 fully saturated rings. The molecule has 0 N–H and O–H groups in total. The average Bonchev–Trinajstić information content (AvgIpc) is 2.83. The highest BCUT2D eigenvalue weighted by molar-refractivity contribution is 6.60. The minimum absolute atomic E-state index is 0.382. The molecule has 2 aromatic carbocycles. The Morgan fingerprint density at radius 1 is 0.935 bits per heavy atom. The molecule has 170 valence electrons. The van der Waals surface area contributed by atoms with Gasteiger partial charge in [0.1, 0.15) is 0 Å². The topological polar surface area (TPSA) is 30.9 Å². The first-order valence-electron chi connectivity index (χ1n) is 11.4. The standard InChI is InChI=1S/C26H39NO3Si/c1-5-7-18-26(27(6-2)23-25-16-12-9-13-17-25)20-22-31(28-3,29-4)30-21-19-24-14-10-8-11-15-24/h6,8-17,26H,2,5,7,18-23H2,1,3-4H3. The van der Waals surface area contributed by atoms with Crippen LogP contribution in [0.4, 0.5) is 0 Å². The van der Waals surface area contributed by atoms with Crippen LogP contribution in [-0.4, -0.2) is 40.6 Å². The van der Waals surface area contributed by atoms with Crippen molar-refractivity contribution in [3.05, 3.63) is 84.6 Å². The molecular weight excluding hydrogens is 402 g/mol. The van der Waals surface area contributed by atoms with Crippen LogP contribution in [0, 0.1) is 0 Å². The first-order chi connectivity index (χ1) is 15.2. The Morgan fingerprint density at radius 2 is 1.55 bits per heavy atom. The highest BCUT2D eigenvalue weighted by atomic mass is 28.4. The van der Waals surface area contributed by atoms with Crippen molar-refractivity contribution in [3.8, 4) is 0 Å². The molecule has 0 aromatic heterocycles. The second kappa shape index (κ2) is 14.2. The van der Waals surface area contributed by atoms with E-state index >= 15 is 0 Å². The predicted octanol–water partition coefficient (Wildman–Crippen LogP) is 6.07. The van der Waals surface area contributed by atoms with Crippen molar-refractivity contribution in [1.29, 1.82) is 0 Å². The Labute approximate surface area is 190 Å². The van der Waals surface area contributed by atoms with Gasteiger partial charge in [0.2, 0.25) is 0 Å². The van der Waals surface area contributed by atoms with Crippen molar-refractivity contribution in [2.45, 2.75) is 57.7 Å². The van der Waals surface area contributed by atoms with Gasteiger partial charge in [-0.2, -0.15) is 0 Å². The third-order valence-corrected chi connectivity index (χ3v) is 8.55. The summed E-state index contributed by atoms with van der Waals surface area (Å²) in [6, 6.07) is 22.1. The van der Waals surface area contributed by atoms with Crippen molar-refractivity contribution < 1.29 is 13.3 Å². The number of hydrogen-bond acceptors (Lipinski definition) is 4. The monoisotopic (exact) mass is 441 g/mol. The lowest BCUT2D eigenvalue weighted by molar-refractivity contribution is 0.0954. The summed E-state index contributed by atoms with van der Waals surface area (Å²) >= 11 is 0. The van der Waals surface area contributed by atoms with E-state index in [4.69, 9.17) is 13.3 Å². The molecule has 0 bridgehead atoms. The summed E-state index contributed by atoms with van der Waals surface area (Å²) < 4.78 is 18.0. The SMILES string of the molecule is C=CN(Cc1ccccc1)C(CCCC)CC[Si](OC)(OC)OCCc1ccccc1. The van der Waals surface area contributed by atoms with E-state index in [1.54, 1.807) is 14.2 Å². The summed E-state index contributed by atoms with van der Waals surface area (Å²) in [5, 5.41) is 0. The minimum Gasteiger partial charge on any atom is -0.377 e. The van der Waals surface area contributed by atoms with Crippen LogP contribution in [0.2, 0.25) is 6.04 Å². The van der Waals surface area contributed by atoms with Gasteiger partial charge in [-0.3, -0.25) is 0 Å². The molecule has 5 heteroatoms. The number of hydrogen-bond donors (Lipinski definition) is 0. The molecular formula is C26H39NO3Si. The van der Waals surface area contributed by atoms with Crippen molar-refractivity contribution in [3.63, 3.8) is 0 Å². The van der Waals surface area contributed by atoms with Gasteiger partial charge in [-0.1, -0.05) is 87.0 Å². The maximum atomic E-state index is 6.27. The van der Waals surface area contributed by atoms with Crippen molar-refractivity contribution >= 4 is 8.80 Å². The molecule has 0 amide bonds. The quantitative estimate of drug-likeness (QED) is 0.296. The van der Waals surface area contributed by atoms with Gasteiger partial charge in [0.15, 0.2) is 0 Å². The molecule has 0 spiro atoms. The second-order valence-electron chi connectivity index (χ2n) is 7.85. The lowest BCUT2D eigenvalue weighted by Gasteiger charge is -2.33. The predicted molar refractivity (Wildman–Crippen MR) is 131 cm³/mol. The maximum absolute atomic E-state index is 6.27. The van der Waals surface area contributed by atoms with Crippen LogP contribution < -0.4 is 0 Å². The van der Waals surface area contributed by atoms with Gasteiger partial charge in [-0.15, -0.1) is 0 Å². The summed E-state index contributed by atoms with van der Waals surface area (Å²) in [6.07, 6.45) is 7.28. The Hall–Kier alpha value is -1.92. The maximum Gasteiger partial charge on any atom is 0.500 e. The largest absolute Gasteiger partial charge is 0.500 e. The van der Waals surface area contributed by atoms with Crippen LogP contribution in [0.1, 0.15) is 43.7 Å². The van der Waals surface area contributed by atoms with E-state index in [1.807, 2.05) is 12.3 Å². The lowest BCUT2D eigenvalue weighted by Crippen LogP contribution is -2.45. The van der Waals surface area contributed by atoms with Gasteiger partial charge in [0.25, 0.3) is 0 Å². The fourth-order valence-corrected chi connectivity index (χ4v) is 5.90. The van der Waals surface area contributed by atoms with Crippen molar-refractivity contribution in [2.75, 3.05) is 20.8 Å². The first-order valence-corrected chi connectivity index (χ1v) is 13.3. The fraction of sp³-hybridized carbons (Fsp3) is 0.462. The molecule has 0 aliphatic carbocycles. The molecule has 1 unspecified atom stereocenters.